The number of aromatic nitrogens is 1. The van der Waals surface area contributed by atoms with E-state index in [0.717, 1.165) is 24.3 Å². The molecule has 1 aliphatic rings. The van der Waals surface area contributed by atoms with Gasteiger partial charge in [0.05, 0.1) is 24.0 Å². The van der Waals surface area contributed by atoms with Crippen molar-refractivity contribution in [2.45, 2.75) is 19.4 Å². The molecule has 2 N–H and O–H groups in total. The third-order valence-corrected chi connectivity index (χ3v) is 5.36. The van der Waals surface area contributed by atoms with Crippen LogP contribution in [0.3, 0.4) is 0 Å². The number of rotatable bonds is 6. The maximum atomic E-state index is 12.5. The summed E-state index contributed by atoms with van der Waals surface area (Å²) in [5.74, 6) is 0.263. The number of piperidine rings is 1. The minimum atomic E-state index is -0.147. The van der Waals surface area contributed by atoms with Crippen LogP contribution < -0.4 is 10.6 Å². The molecule has 8 heteroatoms. The first kappa shape index (κ1) is 18.8. The summed E-state index contributed by atoms with van der Waals surface area (Å²) in [6.45, 7) is 2.27. The predicted octanol–water partition coefficient (Wildman–Crippen LogP) is 2.76. The first-order valence-corrected chi connectivity index (χ1v) is 9.80. The number of nitrogens with one attached hydrogen (secondary N) is 2. The first-order valence-electron chi connectivity index (χ1n) is 8.54. The van der Waals surface area contributed by atoms with Gasteiger partial charge in [0, 0.05) is 17.6 Å². The third-order valence-electron chi connectivity index (χ3n) is 4.26. The van der Waals surface area contributed by atoms with E-state index in [-0.39, 0.29) is 17.7 Å². The predicted molar refractivity (Wildman–Crippen MR) is 103 cm³/mol. The molecule has 0 saturated carbocycles. The summed E-state index contributed by atoms with van der Waals surface area (Å²) in [6.07, 6.45) is 3.21. The van der Waals surface area contributed by atoms with Gasteiger partial charge in [-0.15, -0.1) is 11.3 Å². The van der Waals surface area contributed by atoms with Gasteiger partial charge < -0.3 is 10.6 Å². The Bertz CT molecular complexity index is 736. The summed E-state index contributed by atoms with van der Waals surface area (Å²) in [7, 11) is 0. The minimum absolute atomic E-state index is 0.0150. The molecule has 0 spiro atoms. The van der Waals surface area contributed by atoms with Crippen molar-refractivity contribution in [2.75, 3.05) is 25.0 Å². The SMILES string of the molecule is O=C(CN1CCCC(C(=O)Nc2ccc(Cl)cn2)C1)NCc1cccs1. The number of hydrogen-bond donors (Lipinski definition) is 2. The molecule has 0 aromatic carbocycles. The van der Waals surface area contributed by atoms with E-state index in [1.807, 2.05) is 22.4 Å². The van der Waals surface area contributed by atoms with Gasteiger partial charge in [-0.05, 0) is 43.0 Å². The van der Waals surface area contributed by atoms with Crippen molar-refractivity contribution >= 4 is 40.6 Å². The molecular formula is C18H21ClN4O2S. The van der Waals surface area contributed by atoms with Crippen molar-refractivity contribution in [1.29, 1.82) is 0 Å². The van der Waals surface area contributed by atoms with Gasteiger partial charge in [-0.1, -0.05) is 17.7 Å². The van der Waals surface area contributed by atoms with Gasteiger partial charge in [0.1, 0.15) is 5.82 Å². The number of amides is 2. The van der Waals surface area contributed by atoms with Gasteiger partial charge in [0.15, 0.2) is 0 Å². The van der Waals surface area contributed by atoms with Crippen molar-refractivity contribution < 1.29 is 9.59 Å². The molecule has 0 radical (unpaired) electrons. The number of nitrogens with zero attached hydrogens (tertiary/aromatic N) is 2. The van der Waals surface area contributed by atoms with E-state index >= 15 is 0 Å². The van der Waals surface area contributed by atoms with Crippen LogP contribution in [0.2, 0.25) is 5.02 Å². The lowest BCUT2D eigenvalue weighted by molar-refractivity contribution is -0.125. The highest BCUT2D eigenvalue weighted by atomic mass is 35.5. The lowest BCUT2D eigenvalue weighted by Gasteiger charge is -2.31. The first-order chi connectivity index (χ1) is 12.6. The highest BCUT2D eigenvalue weighted by Crippen LogP contribution is 2.18. The summed E-state index contributed by atoms with van der Waals surface area (Å²) in [5.41, 5.74) is 0. The van der Waals surface area contributed by atoms with Gasteiger partial charge in [-0.2, -0.15) is 0 Å². The van der Waals surface area contributed by atoms with Gasteiger partial charge in [0.25, 0.3) is 0 Å². The maximum Gasteiger partial charge on any atom is 0.234 e. The van der Waals surface area contributed by atoms with Crippen LogP contribution in [0.5, 0.6) is 0 Å². The minimum Gasteiger partial charge on any atom is -0.350 e. The van der Waals surface area contributed by atoms with Crippen LogP contribution in [0, 0.1) is 5.92 Å². The number of hydrogen-bond acceptors (Lipinski definition) is 5. The summed E-state index contributed by atoms with van der Waals surface area (Å²) in [6, 6.07) is 7.33. The molecule has 1 aliphatic heterocycles. The van der Waals surface area contributed by atoms with Crippen LogP contribution in [0.1, 0.15) is 17.7 Å². The average Bonchev–Trinajstić information content (AvgIpc) is 3.16. The van der Waals surface area contributed by atoms with Gasteiger partial charge in [-0.25, -0.2) is 4.98 Å². The van der Waals surface area contributed by atoms with Crippen molar-refractivity contribution in [3.8, 4) is 0 Å². The number of carbonyl (C=O) groups is 2. The van der Waals surface area contributed by atoms with Gasteiger partial charge in [0.2, 0.25) is 11.8 Å². The van der Waals surface area contributed by atoms with E-state index in [1.165, 1.54) is 6.20 Å². The second kappa shape index (κ2) is 9.12. The zero-order valence-corrected chi connectivity index (χ0v) is 15.9. The third kappa shape index (κ3) is 5.52. The molecular weight excluding hydrogens is 372 g/mol. The number of thiophene rings is 1. The van der Waals surface area contributed by atoms with E-state index in [9.17, 15) is 9.59 Å². The van der Waals surface area contributed by atoms with Gasteiger partial charge >= 0.3 is 0 Å². The van der Waals surface area contributed by atoms with E-state index in [4.69, 9.17) is 11.6 Å². The van der Waals surface area contributed by atoms with Crippen LogP contribution in [-0.4, -0.2) is 41.3 Å². The molecule has 2 amide bonds. The topological polar surface area (TPSA) is 74.3 Å². The van der Waals surface area contributed by atoms with Gasteiger partial charge in [-0.3, -0.25) is 14.5 Å². The second-order valence-electron chi connectivity index (χ2n) is 6.28. The molecule has 0 aliphatic carbocycles. The molecule has 1 saturated heterocycles. The Balaban J connectivity index is 1.46. The standard InChI is InChI=1S/C18H21ClN4O2S/c19-14-5-6-16(20-9-14)22-18(25)13-3-1-7-23(11-13)12-17(24)21-10-15-4-2-8-26-15/h2,4-6,8-9,13H,1,3,7,10-12H2,(H,21,24)(H,20,22,25). The Morgan fingerprint density at radius 1 is 1.35 bits per heavy atom. The Hall–Kier alpha value is -1.96. The van der Waals surface area contributed by atoms with E-state index < -0.39 is 0 Å². The fourth-order valence-electron chi connectivity index (χ4n) is 2.95. The molecule has 2 aromatic rings. The maximum absolute atomic E-state index is 12.5. The number of pyridine rings is 1. The van der Waals surface area contributed by atoms with Crippen molar-refractivity contribution in [3.05, 3.63) is 45.7 Å². The van der Waals surface area contributed by atoms with E-state index in [1.54, 1.807) is 23.5 Å². The normalized spacial score (nSPS) is 17.7. The molecule has 1 unspecified atom stereocenters. The van der Waals surface area contributed by atoms with E-state index in [2.05, 4.69) is 15.6 Å². The Morgan fingerprint density at radius 3 is 2.96 bits per heavy atom. The lowest BCUT2D eigenvalue weighted by atomic mass is 9.97. The fraction of sp³-hybridized carbons (Fsp3) is 0.389. The van der Waals surface area contributed by atoms with Crippen LogP contribution in [0.25, 0.3) is 0 Å². The summed E-state index contributed by atoms with van der Waals surface area (Å²) in [5, 5.41) is 8.27. The molecule has 2 aromatic heterocycles. The Labute approximate surface area is 161 Å². The lowest BCUT2D eigenvalue weighted by Crippen LogP contribution is -2.45. The quantitative estimate of drug-likeness (QED) is 0.792. The second-order valence-corrected chi connectivity index (χ2v) is 7.75. The van der Waals surface area contributed by atoms with Crippen molar-refractivity contribution in [2.24, 2.45) is 5.92 Å². The molecule has 0 bridgehead atoms. The smallest absolute Gasteiger partial charge is 0.234 e. The fourth-order valence-corrected chi connectivity index (χ4v) is 3.71. The summed E-state index contributed by atoms with van der Waals surface area (Å²) in [4.78, 5) is 31.8. The molecule has 1 fully saturated rings. The number of anilines is 1. The van der Waals surface area contributed by atoms with Crippen LogP contribution in [0.4, 0.5) is 5.82 Å². The molecule has 3 heterocycles. The average molecular weight is 393 g/mol. The van der Waals surface area contributed by atoms with Crippen LogP contribution in [0.15, 0.2) is 35.8 Å². The highest BCUT2D eigenvalue weighted by molar-refractivity contribution is 7.09. The molecule has 6 nitrogen and oxygen atoms in total. The zero-order valence-electron chi connectivity index (χ0n) is 14.3. The number of carbonyl (C=O) groups excluding carboxylic acids is 2. The zero-order chi connectivity index (χ0) is 18.4. The summed E-state index contributed by atoms with van der Waals surface area (Å²) >= 11 is 7.43. The largest absolute Gasteiger partial charge is 0.350 e. The number of halogens is 1. The summed E-state index contributed by atoms with van der Waals surface area (Å²) < 4.78 is 0. The number of likely N-dealkylation sites (tertiary alicyclic amines) is 1. The Kier molecular flexibility index (Phi) is 6.60. The molecule has 1 atom stereocenters. The van der Waals surface area contributed by atoms with Crippen molar-refractivity contribution in [1.82, 2.24) is 15.2 Å². The van der Waals surface area contributed by atoms with Crippen LogP contribution in [-0.2, 0) is 16.1 Å². The van der Waals surface area contributed by atoms with E-state index in [0.29, 0.717) is 30.5 Å². The molecule has 138 valence electrons. The van der Waals surface area contributed by atoms with Crippen molar-refractivity contribution in [3.63, 3.8) is 0 Å². The monoisotopic (exact) mass is 392 g/mol. The Morgan fingerprint density at radius 2 is 2.23 bits per heavy atom. The van der Waals surface area contributed by atoms with Crippen LogP contribution >= 0.6 is 22.9 Å². The molecule has 3 rings (SSSR count). The highest BCUT2D eigenvalue weighted by Gasteiger charge is 2.27. The molecule has 26 heavy (non-hydrogen) atoms.